The summed E-state index contributed by atoms with van der Waals surface area (Å²) in [4.78, 5) is 0.489. The fourth-order valence-corrected chi connectivity index (χ4v) is 6.19. The van der Waals surface area contributed by atoms with E-state index in [0.29, 0.717) is 39.9 Å². The number of methoxy groups -OCH3 is 1. The summed E-state index contributed by atoms with van der Waals surface area (Å²) >= 11 is 7.29. The molecule has 1 aromatic carbocycles. The van der Waals surface area contributed by atoms with Crippen LogP contribution in [0.1, 0.15) is 47.5 Å². The Kier molecular flexibility index (Phi) is 5.67. The molecule has 11 heteroatoms. The largest absolute Gasteiger partial charge is 0.494 e. The van der Waals surface area contributed by atoms with E-state index in [2.05, 4.69) is 15.6 Å². The monoisotopic (exact) mass is 498 g/mol. The van der Waals surface area contributed by atoms with Gasteiger partial charge in [0.1, 0.15) is 12.2 Å². The quantitative estimate of drug-likeness (QED) is 0.547. The molecule has 2 aromatic heterocycles. The van der Waals surface area contributed by atoms with Crippen molar-refractivity contribution in [2.24, 2.45) is 0 Å². The molecule has 3 aromatic rings. The van der Waals surface area contributed by atoms with Crippen LogP contribution in [0, 0.1) is 5.82 Å². The molecule has 4 heterocycles. The van der Waals surface area contributed by atoms with Crippen LogP contribution in [-0.4, -0.2) is 34.8 Å². The highest BCUT2D eigenvalue weighted by Crippen LogP contribution is 2.54. The zero-order chi connectivity index (χ0) is 23.4. The van der Waals surface area contributed by atoms with Gasteiger partial charge in [0, 0.05) is 22.9 Å². The average molecular weight is 499 g/mol. The molecule has 3 atom stereocenters. The van der Waals surface area contributed by atoms with Crippen molar-refractivity contribution in [3.8, 4) is 5.75 Å². The van der Waals surface area contributed by atoms with E-state index in [9.17, 15) is 13.2 Å². The van der Waals surface area contributed by atoms with Gasteiger partial charge in [-0.1, -0.05) is 22.9 Å². The van der Waals surface area contributed by atoms with E-state index in [-0.39, 0.29) is 23.4 Å². The van der Waals surface area contributed by atoms with Crippen molar-refractivity contribution >= 4 is 22.9 Å². The summed E-state index contributed by atoms with van der Waals surface area (Å²) in [6, 6.07) is 5.82. The van der Waals surface area contributed by atoms with Gasteiger partial charge in [-0.15, -0.1) is 16.4 Å². The first kappa shape index (κ1) is 22.6. The third-order valence-electron chi connectivity index (χ3n) is 6.17. The number of hydrogen-bond donors (Lipinski definition) is 1. The van der Waals surface area contributed by atoms with Crippen LogP contribution in [0.15, 0.2) is 30.5 Å². The number of aromatic nitrogens is 3. The third-order valence-corrected chi connectivity index (χ3v) is 7.62. The highest BCUT2D eigenvalue weighted by atomic mass is 35.5. The number of fused-ring (bicyclic) bond motifs is 2. The van der Waals surface area contributed by atoms with Crippen molar-refractivity contribution < 1.29 is 22.6 Å². The topological polar surface area (TPSA) is 61.2 Å². The summed E-state index contributed by atoms with van der Waals surface area (Å²) in [5, 5.41) is 12.0. The smallest absolute Gasteiger partial charge is 0.297 e. The number of piperidine rings is 1. The molecular formula is C22H22ClF3N4O2S. The average Bonchev–Trinajstić information content (AvgIpc) is 3.39. The summed E-state index contributed by atoms with van der Waals surface area (Å²) in [5.41, 5.74) is 0.469. The Morgan fingerprint density at radius 3 is 2.91 bits per heavy atom. The van der Waals surface area contributed by atoms with Crippen molar-refractivity contribution in [1.29, 1.82) is 0 Å². The van der Waals surface area contributed by atoms with Crippen LogP contribution in [0.2, 0.25) is 4.34 Å². The SMILES string of the molecule is COc1ccc(Cn2cc([C@@H]3C[C@]4(C[C@H](C)N3)OCC(F)(F)c3cc(Cl)sc34)nn2)cc1F. The fourth-order valence-electron chi connectivity index (χ4n) is 4.75. The molecule has 0 bridgehead atoms. The Labute approximate surface area is 197 Å². The van der Waals surface area contributed by atoms with Crippen LogP contribution in [0.5, 0.6) is 5.75 Å². The lowest BCUT2D eigenvalue weighted by Crippen LogP contribution is -2.51. The molecule has 0 amide bonds. The molecule has 5 rings (SSSR count). The summed E-state index contributed by atoms with van der Waals surface area (Å²) in [6.07, 6.45) is 2.75. The van der Waals surface area contributed by atoms with Gasteiger partial charge >= 0.3 is 0 Å². The predicted octanol–water partition coefficient (Wildman–Crippen LogP) is 5.02. The summed E-state index contributed by atoms with van der Waals surface area (Å²) in [7, 11) is 1.41. The number of ether oxygens (including phenoxy) is 2. The summed E-state index contributed by atoms with van der Waals surface area (Å²) < 4.78 is 55.8. The lowest BCUT2D eigenvalue weighted by molar-refractivity contribution is -0.183. The van der Waals surface area contributed by atoms with Crippen LogP contribution in [-0.2, 0) is 22.8 Å². The van der Waals surface area contributed by atoms with Crippen LogP contribution in [0.25, 0.3) is 0 Å². The molecule has 2 aliphatic rings. The minimum Gasteiger partial charge on any atom is -0.494 e. The van der Waals surface area contributed by atoms with Crippen LogP contribution < -0.4 is 10.1 Å². The second kappa shape index (κ2) is 8.26. The molecule has 0 radical (unpaired) electrons. The first-order chi connectivity index (χ1) is 15.7. The number of benzene rings is 1. The van der Waals surface area contributed by atoms with Gasteiger partial charge in [0.25, 0.3) is 5.92 Å². The summed E-state index contributed by atoms with van der Waals surface area (Å²) in [5.74, 6) is -3.34. The number of alkyl halides is 2. The maximum Gasteiger partial charge on any atom is 0.297 e. The molecule has 1 saturated heterocycles. The lowest BCUT2D eigenvalue weighted by atomic mass is 9.78. The predicted molar refractivity (Wildman–Crippen MR) is 118 cm³/mol. The molecule has 0 aliphatic carbocycles. The van der Waals surface area contributed by atoms with E-state index < -0.39 is 23.9 Å². The Morgan fingerprint density at radius 1 is 1.33 bits per heavy atom. The number of nitrogens with one attached hydrogen (secondary N) is 1. The van der Waals surface area contributed by atoms with Crippen molar-refractivity contribution in [2.75, 3.05) is 13.7 Å². The lowest BCUT2D eigenvalue weighted by Gasteiger charge is -2.47. The molecule has 33 heavy (non-hydrogen) atoms. The molecule has 0 unspecified atom stereocenters. The molecule has 1 fully saturated rings. The number of rotatable bonds is 4. The minimum absolute atomic E-state index is 0.00923. The van der Waals surface area contributed by atoms with Gasteiger partial charge in [0.15, 0.2) is 11.6 Å². The van der Waals surface area contributed by atoms with E-state index in [1.54, 1.807) is 23.0 Å². The van der Waals surface area contributed by atoms with E-state index in [1.807, 2.05) is 6.92 Å². The molecule has 2 aliphatic heterocycles. The van der Waals surface area contributed by atoms with Gasteiger partial charge in [0.05, 0.1) is 35.9 Å². The molecule has 1 spiro atoms. The Morgan fingerprint density at radius 2 is 2.15 bits per heavy atom. The van der Waals surface area contributed by atoms with Gasteiger partial charge in [-0.05, 0) is 37.1 Å². The van der Waals surface area contributed by atoms with Gasteiger partial charge in [-0.25, -0.2) is 9.07 Å². The zero-order valence-corrected chi connectivity index (χ0v) is 19.5. The molecule has 6 nitrogen and oxygen atoms in total. The molecular weight excluding hydrogens is 477 g/mol. The standard InChI is InChI=1S/C22H22ClF3N4O2S/c1-12-7-21(20-14(6-19(23)33-20)22(25,26)11-32-21)8-16(27-12)17-10-30(29-28-17)9-13-3-4-18(31-2)15(24)5-13/h3-6,10,12,16,27H,7-9,11H2,1-2H3/t12-,16-,21-/m0/s1. The van der Waals surface area contributed by atoms with Crippen molar-refractivity contribution in [3.05, 3.63) is 62.3 Å². The third kappa shape index (κ3) is 4.14. The van der Waals surface area contributed by atoms with Gasteiger partial charge < -0.3 is 14.8 Å². The van der Waals surface area contributed by atoms with Gasteiger partial charge in [0.2, 0.25) is 0 Å². The second-order valence-corrected chi connectivity index (χ2v) is 10.3. The van der Waals surface area contributed by atoms with E-state index in [4.69, 9.17) is 21.1 Å². The fraction of sp³-hybridized carbons (Fsp3) is 0.455. The van der Waals surface area contributed by atoms with Crippen LogP contribution in [0.3, 0.4) is 0 Å². The minimum atomic E-state index is -3.06. The normalized spacial score (nSPS) is 26.4. The van der Waals surface area contributed by atoms with Crippen molar-refractivity contribution in [1.82, 2.24) is 20.3 Å². The van der Waals surface area contributed by atoms with E-state index >= 15 is 0 Å². The van der Waals surface area contributed by atoms with Crippen LogP contribution in [0.4, 0.5) is 13.2 Å². The van der Waals surface area contributed by atoms with E-state index in [0.717, 1.165) is 11.3 Å². The first-order valence-electron chi connectivity index (χ1n) is 10.5. The van der Waals surface area contributed by atoms with Crippen molar-refractivity contribution in [2.45, 2.75) is 49.9 Å². The van der Waals surface area contributed by atoms with Gasteiger partial charge in [-0.2, -0.15) is 8.78 Å². The van der Waals surface area contributed by atoms with Crippen molar-refractivity contribution in [3.63, 3.8) is 0 Å². The van der Waals surface area contributed by atoms with Gasteiger partial charge in [-0.3, -0.25) is 0 Å². The first-order valence-corrected chi connectivity index (χ1v) is 11.7. The molecule has 176 valence electrons. The molecule has 0 saturated carbocycles. The maximum atomic E-state index is 14.5. The second-order valence-electron chi connectivity index (χ2n) is 8.62. The number of halogens is 4. The number of nitrogens with zero attached hydrogens (tertiary/aromatic N) is 3. The number of hydrogen-bond acceptors (Lipinski definition) is 6. The Bertz CT molecular complexity index is 1190. The highest BCUT2D eigenvalue weighted by Gasteiger charge is 2.53. The number of thiophene rings is 1. The molecule has 1 N–H and O–H groups in total. The highest BCUT2D eigenvalue weighted by molar-refractivity contribution is 7.16. The zero-order valence-electron chi connectivity index (χ0n) is 17.9. The maximum absolute atomic E-state index is 14.5. The summed E-state index contributed by atoms with van der Waals surface area (Å²) in [6.45, 7) is 1.64. The Balaban J connectivity index is 1.40. The Hall–Kier alpha value is -2.14. The van der Waals surface area contributed by atoms with Crippen LogP contribution >= 0.6 is 22.9 Å². The van der Waals surface area contributed by atoms with E-state index in [1.165, 1.54) is 19.2 Å².